The number of amides is 1. The Balaban J connectivity index is 1.88. The predicted octanol–water partition coefficient (Wildman–Crippen LogP) is 1.93. The lowest BCUT2D eigenvalue weighted by Crippen LogP contribution is -2.28. The number of hydrogen-bond donors (Lipinski definition) is 2. The van der Waals surface area contributed by atoms with Gasteiger partial charge in [-0.05, 0) is 31.5 Å². The third kappa shape index (κ3) is 4.32. The summed E-state index contributed by atoms with van der Waals surface area (Å²) in [6, 6.07) is 8.57. The number of ether oxygens (including phenoxy) is 1. The van der Waals surface area contributed by atoms with Crippen LogP contribution in [0.4, 0.5) is 0 Å². The van der Waals surface area contributed by atoms with Crippen molar-refractivity contribution in [3.63, 3.8) is 0 Å². The summed E-state index contributed by atoms with van der Waals surface area (Å²) in [5.74, 6) is 0.357. The Kier molecular flexibility index (Phi) is 4.94. The van der Waals surface area contributed by atoms with Crippen molar-refractivity contribution in [2.75, 3.05) is 6.54 Å². The van der Waals surface area contributed by atoms with E-state index >= 15 is 0 Å². The van der Waals surface area contributed by atoms with Crippen LogP contribution in [0.3, 0.4) is 0 Å². The van der Waals surface area contributed by atoms with Crippen LogP contribution in [0.15, 0.2) is 41.1 Å². The smallest absolute Gasteiger partial charge is 0.273 e. The number of nitrogens with one attached hydrogen (secondary N) is 1. The van der Waals surface area contributed by atoms with Crippen LogP contribution < -0.4 is 10.1 Å². The van der Waals surface area contributed by atoms with Gasteiger partial charge in [-0.2, -0.15) is 0 Å². The lowest BCUT2D eigenvalue weighted by Gasteiger charge is -2.13. The Hall–Kier alpha value is -2.34. The van der Waals surface area contributed by atoms with Crippen molar-refractivity contribution >= 4 is 5.91 Å². The van der Waals surface area contributed by atoms with Gasteiger partial charge in [0.2, 0.25) is 0 Å². The molecule has 0 fully saturated rings. The van der Waals surface area contributed by atoms with Crippen molar-refractivity contribution in [1.82, 2.24) is 10.5 Å². The second-order valence-corrected chi connectivity index (χ2v) is 4.85. The van der Waals surface area contributed by atoms with Crippen LogP contribution in [0, 0.1) is 0 Å². The molecule has 112 valence electrons. The third-order valence-electron chi connectivity index (χ3n) is 2.76. The van der Waals surface area contributed by atoms with E-state index in [0.29, 0.717) is 5.56 Å². The molecule has 0 bridgehead atoms. The molecule has 0 aliphatic rings. The summed E-state index contributed by atoms with van der Waals surface area (Å²) in [5.41, 5.74) is 0.884. The van der Waals surface area contributed by atoms with Crippen molar-refractivity contribution in [2.45, 2.75) is 26.1 Å². The number of nitrogens with zero attached hydrogens (tertiary/aromatic N) is 1. The van der Waals surface area contributed by atoms with Crippen molar-refractivity contribution in [3.8, 4) is 5.75 Å². The summed E-state index contributed by atoms with van der Waals surface area (Å²) >= 11 is 0. The standard InChI is InChI=1S/C15H18N2O4/c1-10(2)21-12-5-3-11(4-6-12)14(18)9-16-15(19)13-7-8-20-17-13/h3-8,10,14,18H,9H2,1-2H3,(H,16,19). The molecule has 1 unspecified atom stereocenters. The number of carbonyl (C=O) groups is 1. The Morgan fingerprint density at radius 1 is 1.33 bits per heavy atom. The number of carbonyl (C=O) groups excluding carboxylic acids is 1. The van der Waals surface area contributed by atoms with E-state index in [2.05, 4.69) is 15.0 Å². The fourth-order valence-electron chi connectivity index (χ4n) is 1.77. The van der Waals surface area contributed by atoms with Gasteiger partial charge in [0.15, 0.2) is 5.69 Å². The van der Waals surface area contributed by atoms with Crippen molar-refractivity contribution in [1.29, 1.82) is 0 Å². The lowest BCUT2D eigenvalue weighted by atomic mass is 10.1. The fraction of sp³-hybridized carbons (Fsp3) is 0.333. The minimum absolute atomic E-state index is 0.0933. The van der Waals surface area contributed by atoms with Gasteiger partial charge in [0.25, 0.3) is 5.91 Å². The number of aliphatic hydroxyl groups is 1. The first-order valence-electron chi connectivity index (χ1n) is 6.69. The summed E-state index contributed by atoms with van der Waals surface area (Å²) < 4.78 is 10.1. The predicted molar refractivity (Wildman–Crippen MR) is 76.0 cm³/mol. The quantitative estimate of drug-likeness (QED) is 0.849. The van der Waals surface area contributed by atoms with Crippen LogP contribution in [0.5, 0.6) is 5.75 Å². The number of aromatic nitrogens is 1. The minimum Gasteiger partial charge on any atom is -0.491 e. The van der Waals surface area contributed by atoms with E-state index in [1.54, 1.807) is 24.3 Å². The highest BCUT2D eigenvalue weighted by Crippen LogP contribution is 2.18. The number of hydrogen-bond acceptors (Lipinski definition) is 5. The molecule has 1 aromatic heterocycles. The molecule has 2 rings (SSSR count). The first-order chi connectivity index (χ1) is 10.1. The van der Waals surface area contributed by atoms with Gasteiger partial charge in [0, 0.05) is 12.6 Å². The van der Waals surface area contributed by atoms with Gasteiger partial charge >= 0.3 is 0 Å². The van der Waals surface area contributed by atoms with Gasteiger partial charge in [-0.15, -0.1) is 0 Å². The van der Waals surface area contributed by atoms with Crippen molar-refractivity contribution < 1.29 is 19.2 Å². The zero-order valence-corrected chi connectivity index (χ0v) is 11.9. The molecule has 21 heavy (non-hydrogen) atoms. The third-order valence-corrected chi connectivity index (χ3v) is 2.76. The van der Waals surface area contributed by atoms with Crippen LogP contribution in [0.1, 0.15) is 36.0 Å². The Labute approximate surface area is 122 Å². The van der Waals surface area contributed by atoms with Gasteiger partial charge in [-0.25, -0.2) is 0 Å². The van der Waals surface area contributed by atoms with Gasteiger partial charge < -0.3 is 19.7 Å². The zero-order valence-electron chi connectivity index (χ0n) is 11.9. The molecule has 6 nitrogen and oxygen atoms in total. The fourth-order valence-corrected chi connectivity index (χ4v) is 1.77. The van der Waals surface area contributed by atoms with Gasteiger partial charge in [0.05, 0.1) is 12.2 Å². The molecular formula is C15H18N2O4. The molecule has 1 atom stereocenters. The number of benzene rings is 1. The average Bonchev–Trinajstić information content (AvgIpc) is 2.99. The first-order valence-corrected chi connectivity index (χ1v) is 6.69. The van der Waals surface area contributed by atoms with Crippen LogP contribution in [-0.4, -0.2) is 28.8 Å². The molecule has 0 aliphatic carbocycles. The average molecular weight is 290 g/mol. The maximum absolute atomic E-state index is 11.7. The van der Waals surface area contributed by atoms with E-state index in [4.69, 9.17) is 4.74 Å². The molecule has 0 saturated heterocycles. The van der Waals surface area contributed by atoms with Gasteiger partial charge in [0.1, 0.15) is 12.0 Å². The SMILES string of the molecule is CC(C)Oc1ccc(C(O)CNC(=O)c2ccon2)cc1. The summed E-state index contributed by atoms with van der Waals surface area (Å²) in [6.07, 6.45) is 0.621. The molecule has 0 aliphatic heterocycles. The molecule has 1 amide bonds. The molecule has 6 heteroatoms. The summed E-state index contributed by atoms with van der Waals surface area (Å²) in [4.78, 5) is 11.7. The van der Waals surface area contributed by atoms with Crippen molar-refractivity contribution in [3.05, 3.63) is 47.9 Å². The highest BCUT2D eigenvalue weighted by atomic mass is 16.5. The van der Waals surface area contributed by atoms with Crippen LogP contribution in [0.25, 0.3) is 0 Å². The monoisotopic (exact) mass is 290 g/mol. The number of aliphatic hydroxyl groups excluding tert-OH is 1. The maximum Gasteiger partial charge on any atom is 0.273 e. The van der Waals surface area contributed by atoms with Crippen LogP contribution >= 0.6 is 0 Å². The summed E-state index contributed by atoms with van der Waals surface area (Å²) in [6.45, 7) is 3.99. The maximum atomic E-state index is 11.7. The molecular weight excluding hydrogens is 272 g/mol. The van der Waals surface area contributed by atoms with Gasteiger partial charge in [-0.3, -0.25) is 4.79 Å². The first kappa shape index (κ1) is 15.1. The molecule has 2 aromatic rings. The van der Waals surface area contributed by atoms with E-state index in [1.807, 2.05) is 13.8 Å². The minimum atomic E-state index is -0.797. The van der Waals surface area contributed by atoms with E-state index in [-0.39, 0.29) is 24.2 Å². The molecule has 2 N–H and O–H groups in total. The normalized spacial score (nSPS) is 12.2. The lowest BCUT2D eigenvalue weighted by molar-refractivity contribution is 0.0907. The topological polar surface area (TPSA) is 84.6 Å². The molecule has 1 aromatic carbocycles. The van der Waals surface area contributed by atoms with E-state index < -0.39 is 6.10 Å². The largest absolute Gasteiger partial charge is 0.491 e. The van der Waals surface area contributed by atoms with E-state index in [9.17, 15) is 9.90 Å². The molecule has 0 spiro atoms. The molecule has 0 radical (unpaired) electrons. The molecule has 0 saturated carbocycles. The molecule has 1 heterocycles. The zero-order chi connectivity index (χ0) is 15.2. The van der Waals surface area contributed by atoms with Crippen LogP contribution in [0.2, 0.25) is 0 Å². The highest BCUT2D eigenvalue weighted by molar-refractivity contribution is 5.91. The van der Waals surface area contributed by atoms with E-state index in [1.165, 1.54) is 12.3 Å². The van der Waals surface area contributed by atoms with Gasteiger partial charge in [-0.1, -0.05) is 17.3 Å². The second-order valence-electron chi connectivity index (χ2n) is 4.85. The Bertz CT molecular complexity index is 564. The Morgan fingerprint density at radius 3 is 2.62 bits per heavy atom. The second kappa shape index (κ2) is 6.90. The Morgan fingerprint density at radius 2 is 2.05 bits per heavy atom. The van der Waals surface area contributed by atoms with E-state index in [0.717, 1.165) is 5.75 Å². The summed E-state index contributed by atoms with van der Waals surface area (Å²) in [7, 11) is 0. The van der Waals surface area contributed by atoms with Crippen molar-refractivity contribution in [2.24, 2.45) is 0 Å². The summed E-state index contributed by atoms with van der Waals surface area (Å²) in [5, 5.41) is 16.1. The highest BCUT2D eigenvalue weighted by Gasteiger charge is 2.12. The van der Waals surface area contributed by atoms with Crippen LogP contribution in [-0.2, 0) is 0 Å². The number of rotatable bonds is 6.